The Labute approximate surface area is 164 Å². The summed E-state index contributed by atoms with van der Waals surface area (Å²) in [5.41, 5.74) is 2.09. The van der Waals surface area contributed by atoms with Crippen LogP contribution in [0.2, 0.25) is 0 Å². The Morgan fingerprint density at radius 3 is 2.89 bits per heavy atom. The Balaban J connectivity index is 1.24. The predicted molar refractivity (Wildman–Crippen MR) is 108 cm³/mol. The van der Waals surface area contributed by atoms with Crippen molar-refractivity contribution in [1.82, 2.24) is 24.7 Å². The first kappa shape index (κ1) is 16.8. The number of fused-ring (bicyclic) bond motifs is 1. The lowest BCUT2D eigenvalue weighted by Gasteiger charge is -2.38. The van der Waals surface area contributed by atoms with E-state index in [-0.39, 0.29) is 11.8 Å². The Hall–Kier alpha value is -3.33. The van der Waals surface area contributed by atoms with E-state index in [4.69, 9.17) is 0 Å². The number of thiazole rings is 1. The third-order valence-electron chi connectivity index (χ3n) is 4.73. The van der Waals surface area contributed by atoms with Crippen LogP contribution in [0.1, 0.15) is 5.56 Å². The molecule has 5 rings (SSSR count). The van der Waals surface area contributed by atoms with Crippen molar-refractivity contribution in [2.24, 2.45) is 5.92 Å². The lowest BCUT2D eigenvalue weighted by molar-refractivity contribution is -0.120. The molecule has 0 radical (unpaired) electrons. The number of nitrogens with zero attached hydrogens (tertiary/aromatic N) is 6. The maximum Gasteiger partial charge on any atom is 0.232 e. The lowest BCUT2D eigenvalue weighted by atomic mass is 9.99. The van der Waals surface area contributed by atoms with E-state index in [0.717, 1.165) is 16.0 Å². The van der Waals surface area contributed by atoms with Crippen molar-refractivity contribution in [2.75, 3.05) is 23.3 Å². The summed E-state index contributed by atoms with van der Waals surface area (Å²) in [6, 6.07) is 9.80. The van der Waals surface area contributed by atoms with Gasteiger partial charge < -0.3 is 10.2 Å². The molecule has 8 nitrogen and oxygen atoms in total. The molecule has 3 aromatic heterocycles. The average Bonchev–Trinajstić information content (AvgIpc) is 3.29. The molecule has 9 heteroatoms. The molecule has 1 fully saturated rings. The molecule has 140 valence electrons. The number of rotatable bonds is 4. The van der Waals surface area contributed by atoms with E-state index in [2.05, 4.69) is 36.3 Å². The molecule has 1 aliphatic heterocycles. The first-order valence-corrected chi connectivity index (χ1v) is 9.72. The van der Waals surface area contributed by atoms with Gasteiger partial charge in [0.25, 0.3) is 0 Å². The molecule has 1 aliphatic rings. The summed E-state index contributed by atoms with van der Waals surface area (Å²) < 4.78 is 2.77. The maximum absolute atomic E-state index is 12.6. The molecule has 1 N–H and O–H groups in total. The third kappa shape index (κ3) is 3.09. The average molecular weight is 391 g/mol. The number of carbonyl (C=O) groups is 1. The van der Waals surface area contributed by atoms with Gasteiger partial charge in [-0.05, 0) is 30.7 Å². The Bertz CT molecular complexity index is 1150. The SMILES string of the molecule is Cc1ccc2nc(NC(=O)C3CN(c4cc(-n5cccn5)ncn4)C3)sc2c1. The quantitative estimate of drug-likeness (QED) is 0.575. The van der Waals surface area contributed by atoms with E-state index in [1.807, 2.05) is 37.4 Å². The number of nitrogens with one attached hydrogen (secondary N) is 1. The van der Waals surface area contributed by atoms with Crippen LogP contribution in [0.4, 0.5) is 10.9 Å². The molecular weight excluding hydrogens is 374 g/mol. The molecule has 0 spiro atoms. The minimum absolute atomic E-state index is 0.00613. The lowest BCUT2D eigenvalue weighted by Crippen LogP contribution is -2.52. The molecule has 0 aliphatic carbocycles. The van der Waals surface area contributed by atoms with Crippen molar-refractivity contribution in [3.8, 4) is 5.82 Å². The van der Waals surface area contributed by atoms with E-state index in [1.165, 1.54) is 23.2 Å². The van der Waals surface area contributed by atoms with Gasteiger partial charge in [0.15, 0.2) is 10.9 Å². The molecular formula is C19H17N7OS. The van der Waals surface area contributed by atoms with Crippen LogP contribution in [0.15, 0.2) is 49.1 Å². The van der Waals surface area contributed by atoms with Gasteiger partial charge in [-0.1, -0.05) is 17.4 Å². The summed E-state index contributed by atoms with van der Waals surface area (Å²) in [4.78, 5) is 27.7. The van der Waals surface area contributed by atoms with Gasteiger partial charge >= 0.3 is 0 Å². The normalized spacial score (nSPS) is 14.2. The zero-order chi connectivity index (χ0) is 19.1. The number of amides is 1. The fourth-order valence-electron chi connectivity index (χ4n) is 3.16. The van der Waals surface area contributed by atoms with E-state index in [1.54, 1.807) is 10.9 Å². The van der Waals surface area contributed by atoms with E-state index in [9.17, 15) is 4.79 Å². The second kappa shape index (κ2) is 6.68. The van der Waals surface area contributed by atoms with Crippen LogP contribution < -0.4 is 10.2 Å². The fourth-order valence-corrected chi connectivity index (χ4v) is 4.13. The standard InChI is InChI=1S/C19H17N7OS/c1-12-3-4-14-15(7-12)28-19(23-14)24-18(27)13-9-25(10-13)16-8-17(21-11-20-16)26-6-2-5-22-26/h2-8,11,13H,9-10H2,1H3,(H,23,24,27). The van der Waals surface area contributed by atoms with Gasteiger partial charge in [-0.15, -0.1) is 0 Å². The van der Waals surface area contributed by atoms with Gasteiger partial charge in [-0.2, -0.15) is 5.10 Å². The number of carbonyl (C=O) groups excluding carboxylic acids is 1. The van der Waals surface area contributed by atoms with E-state index in [0.29, 0.717) is 24.0 Å². The van der Waals surface area contributed by atoms with Gasteiger partial charge in [-0.3, -0.25) is 4.79 Å². The number of anilines is 2. The zero-order valence-electron chi connectivity index (χ0n) is 15.1. The first-order chi connectivity index (χ1) is 13.7. The van der Waals surface area contributed by atoms with E-state index >= 15 is 0 Å². The van der Waals surface area contributed by atoms with Crippen LogP contribution in [-0.4, -0.2) is 43.7 Å². The number of aryl methyl sites for hydroxylation is 1. The highest BCUT2D eigenvalue weighted by molar-refractivity contribution is 7.22. The number of aromatic nitrogens is 5. The molecule has 28 heavy (non-hydrogen) atoms. The van der Waals surface area contributed by atoms with Crippen molar-refractivity contribution in [2.45, 2.75) is 6.92 Å². The largest absolute Gasteiger partial charge is 0.355 e. The molecule has 0 saturated carbocycles. The van der Waals surface area contributed by atoms with Gasteiger partial charge in [0, 0.05) is 31.5 Å². The summed E-state index contributed by atoms with van der Waals surface area (Å²) in [5, 5.41) is 7.78. The van der Waals surface area contributed by atoms with Crippen LogP contribution in [0.3, 0.4) is 0 Å². The minimum Gasteiger partial charge on any atom is -0.355 e. The Morgan fingerprint density at radius 1 is 1.21 bits per heavy atom. The van der Waals surface area contributed by atoms with Gasteiger partial charge in [-0.25, -0.2) is 19.6 Å². The molecule has 4 heterocycles. The smallest absolute Gasteiger partial charge is 0.232 e. The fraction of sp³-hybridized carbons (Fsp3) is 0.211. The van der Waals surface area contributed by atoms with Crippen LogP contribution in [-0.2, 0) is 4.79 Å². The van der Waals surface area contributed by atoms with Crippen molar-refractivity contribution in [3.05, 3.63) is 54.6 Å². The second-order valence-electron chi connectivity index (χ2n) is 6.77. The van der Waals surface area contributed by atoms with Gasteiger partial charge in [0.2, 0.25) is 5.91 Å². The predicted octanol–water partition coefficient (Wildman–Crippen LogP) is 2.66. The minimum atomic E-state index is -0.0862. The van der Waals surface area contributed by atoms with Crippen LogP contribution in [0, 0.1) is 12.8 Å². The van der Waals surface area contributed by atoms with Crippen LogP contribution in [0.5, 0.6) is 0 Å². The van der Waals surface area contributed by atoms with Crippen molar-refractivity contribution in [3.63, 3.8) is 0 Å². The van der Waals surface area contributed by atoms with Crippen molar-refractivity contribution in [1.29, 1.82) is 0 Å². The maximum atomic E-state index is 12.6. The highest BCUT2D eigenvalue weighted by Gasteiger charge is 2.34. The monoisotopic (exact) mass is 391 g/mol. The third-order valence-corrected chi connectivity index (χ3v) is 5.66. The second-order valence-corrected chi connectivity index (χ2v) is 7.80. The molecule has 4 aromatic rings. The van der Waals surface area contributed by atoms with Crippen LogP contribution >= 0.6 is 11.3 Å². The summed E-state index contributed by atoms with van der Waals surface area (Å²) in [6.07, 6.45) is 5.05. The van der Waals surface area contributed by atoms with Gasteiger partial charge in [0.1, 0.15) is 12.1 Å². The number of benzene rings is 1. The van der Waals surface area contributed by atoms with Crippen molar-refractivity contribution < 1.29 is 4.79 Å². The summed E-state index contributed by atoms with van der Waals surface area (Å²) in [6.45, 7) is 3.28. The highest BCUT2D eigenvalue weighted by atomic mass is 32.1. The molecule has 0 bridgehead atoms. The van der Waals surface area contributed by atoms with Crippen LogP contribution in [0.25, 0.3) is 16.0 Å². The molecule has 0 atom stereocenters. The first-order valence-electron chi connectivity index (χ1n) is 8.91. The number of hydrogen-bond donors (Lipinski definition) is 1. The summed E-state index contributed by atoms with van der Waals surface area (Å²) in [7, 11) is 0. The van der Waals surface area contributed by atoms with Gasteiger partial charge in [0.05, 0.1) is 16.1 Å². The molecule has 1 saturated heterocycles. The van der Waals surface area contributed by atoms with E-state index < -0.39 is 0 Å². The summed E-state index contributed by atoms with van der Waals surface area (Å²) in [5.74, 6) is 1.40. The highest BCUT2D eigenvalue weighted by Crippen LogP contribution is 2.29. The zero-order valence-corrected chi connectivity index (χ0v) is 15.9. The Kier molecular flexibility index (Phi) is 4.01. The number of hydrogen-bond acceptors (Lipinski definition) is 7. The summed E-state index contributed by atoms with van der Waals surface area (Å²) >= 11 is 1.50. The van der Waals surface area contributed by atoms with Crippen molar-refractivity contribution >= 4 is 38.4 Å². The molecule has 0 unspecified atom stereocenters. The molecule has 1 aromatic carbocycles. The molecule has 1 amide bonds. The Morgan fingerprint density at radius 2 is 2.07 bits per heavy atom. The topological polar surface area (TPSA) is 88.8 Å².